The van der Waals surface area contributed by atoms with Gasteiger partial charge in [0.15, 0.2) is 5.76 Å². The zero-order valence-corrected chi connectivity index (χ0v) is 17.9. The van der Waals surface area contributed by atoms with Gasteiger partial charge in [-0.15, -0.1) is 0 Å². The maximum Gasteiger partial charge on any atom is 0.286 e. The van der Waals surface area contributed by atoms with E-state index in [-0.39, 0.29) is 23.4 Å². The summed E-state index contributed by atoms with van der Waals surface area (Å²) in [4.78, 5) is 26.7. The van der Waals surface area contributed by atoms with E-state index in [0.717, 1.165) is 18.5 Å². The predicted molar refractivity (Wildman–Crippen MR) is 116 cm³/mol. The number of halogens is 1. The van der Waals surface area contributed by atoms with Crippen molar-refractivity contribution in [3.63, 3.8) is 0 Å². The Kier molecular flexibility index (Phi) is 7.65. The molecule has 2 amide bonds. The average molecular weight is 426 g/mol. The van der Waals surface area contributed by atoms with Crippen molar-refractivity contribution in [3.05, 3.63) is 83.3 Å². The van der Waals surface area contributed by atoms with Crippen LogP contribution in [0.25, 0.3) is 0 Å². The Morgan fingerprint density at radius 3 is 2.55 bits per heavy atom. The maximum absolute atomic E-state index is 13.2. The summed E-state index contributed by atoms with van der Waals surface area (Å²) >= 11 is 0. The predicted octanol–water partition coefficient (Wildman–Crippen LogP) is 4.46. The fraction of sp³-hybridized carbons (Fsp3) is 0.333. The number of rotatable bonds is 10. The van der Waals surface area contributed by atoms with Crippen LogP contribution in [0, 0.1) is 5.82 Å². The molecule has 0 aliphatic carbocycles. The van der Waals surface area contributed by atoms with Gasteiger partial charge in [-0.3, -0.25) is 9.59 Å². The highest BCUT2D eigenvalue weighted by Crippen LogP contribution is 2.16. The molecular formula is C24H28FN3O3. The van der Waals surface area contributed by atoms with Crippen molar-refractivity contribution in [3.8, 4) is 0 Å². The summed E-state index contributed by atoms with van der Waals surface area (Å²) in [6.07, 6.45) is 3.58. The van der Waals surface area contributed by atoms with Crippen LogP contribution in [0.5, 0.6) is 0 Å². The van der Waals surface area contributed by atoms with Crippen molar-refractivity contribution >= 4 is 11.8 Å². The van der Waals surface area contributed by atoms with E-state index in [2.05, 4.69) is 5.32 Å². The molecule has 0 aliphatic rings. The second kappa shape index (κ2) is 10.6. The largest absolute Gasteiger partial charge is 0.454 e. The lowest BCUT2D eigenvalue weighted by Crippen LogP contribution is -2.32. The van der Waals surface area contributed by atoms with Crippen LogP contribution in [0.1, 0.15) is 59.1 Å². The van der Waals surface area contributed by atoms with Crippen LogP contribution in [0.15, 0.2) is 59.1 Å². The topological polar surface area (TPSA) is 67.5 Å². The number of carbonyl (C=O) groups is 2. The molecule has 0 spiro atoms. The van der Waals surface area contributed by atoms with Gasteiger partial charge in [0.2, 0.25) is 0 Å². The molecule has 0 fully saturated rings. The number of benzene rings is 1. The van der Waals surface area contributed by atoms with Gasteiger partial charge < -0.3 is 19.2 Å². The minimum atomic E-state index is -0.367. The Bertz CT molecular complexity index is 1010. The van der Waals surface area contributed by atoms with Gasteiger partial charge in [0, 0.05) is 30.5 Å². The second-order valence-electron chi connectivity index (χ2n) is 7.38. The summed E-state index contributed by atoms with van der Waals surface area (Å²) in [6.45, 7) is 6.06. The molecule has 3 aromatic rings. The fourth-order valence-corrected chi connectivity index (χ4v) is 3.32. The molecule has 7 heteroatoms. The summed E-state index contributed by atoms with van der Waals surface area (Å²) in [5.74, 6) is 0.221. The van der Waals surface area contributed by atoms with E-state index in [4.69, 9.17) is 4.42 Å². The van der Waals surface area contributed by atoms with Crippen LogP contribution in [0.4, 0.5) is 4.39 Å². The molecule has 3 rings (SSSR count). The minimum absolute atomic E-state index is 0.137. The highest BCUT2D eigenvalue weighted by molar-refractivity contribution is 5.94. The lowest BCUT2D eigenvalue weighted by Gasteiger charge is -2.23. The standard InChI is InChI=1S/C24H28FN3O3/c1-3-13-26-23(29)22-12-11-21(31-22)17-27-15-5-6-20(27)16-28(14-4-2)24(30)18-7-9-19(25)10-8-18/h5-12,15H,3-4,13-14,16-17H2,1-2H3,(H,26,29). The quantitative estimate of drug-likeness (QED) is 0.521. The molecule has 2 heterocycles. The third-order valence-corrected chi connectivity index (χ3v) is 4.90. The van der Waals surface area contributed by atoms with Gasteiger partial charge in [0.1, 0.15) is 11.6 Å². The Hall–Kier alpha value is -3.35. The fourth-order valence-electron chi connectivity index (χ4n) is 3.32. The van der Waals surface area contributed by atoms with Gasteiger partial charge in [-0.05, 0) is 61.4 Å². The molecule has 2 aromatic heterocycles. The number of aromatic nitrogens is 1. The minimum Gasteiger partial charge on any atom is -0.454 e. The average Bonchev–Trinajstić information content (AvgIpc) is 3.42. The van der Waals surface area contributed by atoms with E-state index in [0.29, 0.717) is 37.5 Å². The number of hydrogen-bond acceptors (Lipinski definition) is 3. The zero-order valence-electron chi connectivity index (χ0n) is 17.9. The number of nitrogens with zero attached hydrogens (tertiary/aromatic N) is 2. The monoisotopic (exact) mass is 425 g/mol. The Morgan fingerprint density at radius 2 is 1.84 bits per heavy atom. The van der Waals surface area contributed by atoms with Crippen LogP contribution < -0.4 is 5.32 Å². The highest BCUT2D eigenvalue weighted by atomic mass is 19.1. The first-order valence-corrected chi connectivity index (χ1v) is 10.6. The van der Waals surface area contributed by atoms with E-state index in [1.165, 1.54) is 24.3 Å². The van der Waals surface area contributed by atoms with Crippen molar-refractivity contribution in [1.29, 1.82) is 0 Å². The van der Waals surface area contributed by atoms with Gasteiger partial charge in [0.25, 0.3) is 11.8 Å². The molecular weight excluding hydrogens is 397 g/mol. The first kappa shape index (κ1) is 22.3. The molecule has 164 valence electrons. The van der Waals surface area contributed by atoms with Crippen LogP contribution >= 0.6 is 0 Å². The van der Waals surface area contributed by atoms with E-state index >= 15 is 0 Å². The molecule has 0 bridgehead atoms. The summed E-state index contributed by atoms with van der Waals surface area (Å²) in [5, 5.41) is 2.80. The summed E-state index contributed by atoms with van der Waals surface area (Å²) in [5.41, 5.74) is 1.40. The summed E-state index contributed by atoms with van der Waals surface area (Å²) < 4.78 is 20.9. The number of furan rings is 1. The van der Waals surface area contributed by atoms with Gasteiger partial charge in [0.05, 0.1) is 13.1 Å². The van der Waals surface area contributed by atoms with Crippen LogP contribution in [-0.4, -0.2) is 34.4 Å². The van der Waals surface area contributed by atoms with Crippen molar-refractivity contribution < 1.29 is 18.4 Å². The zero-order chi connectivity index (χ0) is 22.2. The van der Waals surface area contributed by atoms with E-state index in [9.17, 15) is 14.0 Å². The van der Waals surface area contributed by atoms with Gasteiger partial charge >= 0.3 is 0 Å². The first-order valence-electron chi connectivity index (χ1n) is 10.6. The number of hydrogen-bond donors (Lipinski definition) is 1. The van der Waals surface area contributed by atoms with Gasteiger partial charge in [-0.25, -0.2) is 4.39 Å². The number of carbonyl (C=O) groups excluding carboxylic acids is 2. The third kappa shape index (κ3) is 5.84. The van der Waals surface area contributed by atoms with Gasteiger partial charge in [-0.1, -0.05) is 13.8 Å². The SMILES string of the molecule is CCCNC(=O)c1ccc(Cn2cccc2CN(CCC)C(=O)c2ccc(F)cc2)o1. The van der Waals surface area contributed by atoms with Crippen LogP contribution in [-0.2, 0) is 13.1 Å². The van der Waals surface area contributed by atoms with Crippen molar-refractivity contribution in [2.75, 3.05) is 13.1 Å². The molecule has 0 saturated carbocycles. The molecule has 0 saturated heterocycles. The van der Waals surface area contributed by atoms with Crippen LogP contribution in [0.2, 0.25) is 0 Å². The molecule has 0 atom stereocenters. The molecule has 0 aliphatic heterocycles. The van der Waals surface area contributed by atoms with E-state index in [1.54, 1.807) is 17.0 Å². The molecule has 6 nitrogen and oxygen atoms in total. The normalized spacial score (nSPS) is 10.8. The Morgan fingerprint density at radius 1 is 1.06 bits per heavy atom. The number of amides is 2. The maximum atomic E-state index is 13.2. The van der Waals surface area contributed by atoms with Crippen LogP contribution in [0.3, 0.4) is 0 Å². The summed E-state index contributed by atoms with van der Waals surface area (Å²) in [7, 11) is 0. The lowest BCUT2D eigenvalue weighted by molar-refractivity contribution is 0.0739. The molecule has 0 radical (unpaired) electrons. The second-order valence-corrected chi connectivity index (χ2v) is 7.38. The highest BCUT2D eigenvalue weighted by Gasteiger charge is 2.18. The summed E-state index contributed by atoms with van der Waals surface area (Å²) in [6, 6.07) is 12.9. The Balaban J connectivity index is 1.71. The Labute approximate surface area is 181 Å². The van der Waals surface area contributed by atoms with Crippen molar-refractivity contribution in [1.82, 2.24) is 14.8 Å². The third-order valence-electron chi connectivity index (χ3n) is 4.90. The molecule has 31 heavy (non-hydrogen) atoms. The lowest BCUT2D eigenvalue weighted by atomic mass is 10.2. The molecule has 0 unspecified atom stereocenters. The van der Waals surface area contributed by atoms with E-state index in [1.807, 2.05) is 36.7 Å². The smallest absolute Gasteiger partial charge is 0.286 e. The number of nitrogens with one attached hydrogen (secondary N) is 1. The first-order chi connectivity index (χ1) is 15.0. The van der Waals surface area contributed by atoms with Crippen molar-refractivity contribution in [2.24, 2.45) is 0 Å². The molecule has 1 aromatic carbocycles. The van der Waals surface area contributed by atoms with Crippen molar-refractivity contribution in [2.45, 2.75) is 39.8 Å². The molecule has 1 N–H and O–H groups in total. The van der Waals surface area contributed by atoms with E-state index < -0.39 is 0 Å². The van der Waals surface area contributed by atoms with Gasteiger partial charge in [-0.2, -0.15) is 0 Å².